The summed E-state index contributed by atoms with van der Waals surface area (Å²) in [6.07, 6.45) is 2.12. The van der Waals surface area contributed by atoms with Crippen LogP contribution in [-0.4, -0.2) is 43.0 Å². The highest BCUT2D eigenvalue weighted by Gasteiger charge is 2.19. The molecular formula is C23H27N3O3. The monoisotopic (exact) mass is 393 g/mol. The van der Waals surface area contributed by atoms with Gasteiger partial charge in [-0.2, -0.15) is 0 Å². The molecule has 1 heterocycles. The molecule has 6 heteroatoms. The topological polar surface area (TPSA) is 70.7 Å². The Morgan fingerprint density at radius 2 is 1.79 bits per heavy atom. The van der Waals surface area contributed by atoms with Crippen LogP contribution >= 0.6 is 0 Å². The van der Waals surface area contributed by atoms with Crippen molar-refractivity contribution in [3.8, 4) is 5.75 Å². The highest BCUT2D eigenvalue weighted by Crippen LogP contribution is 2.19. The minimum absolute atomic E-state index is 0.0437. The Hall–Kier alpha value is -3.28. The predicted octanol–water partition coefficient (Wildman–Crippen LogP) is 3.93. The Morgan fingerprint density at radius 3 is 2.55 bits per heavy atom. The van der Waals surface area contributed by atoms with Crippen molar-refractivity contribution in [1.29, 1.82) is 0 Å². The number of benzene rings is 2. The molecule has 2 aromatic rings. The molecule has 3 rings (SSSR count). The van der Waals surface area contributed by atoms with Gasteiger partial charge in [0.05, 0.1) is 6.54 Å². The van der Waals surface area contributed by atoms with Crippen molar-refractivity contribution in [2.75, 3.05) is 36.9 Å². The second-order valence-corrected chi connectivity index (χ2v) is 7.26. The number of rotatable bonds is 8. The van der Waals surface area contributed by atoms with Gasteiger partial charge in [0.1, 0.15) is 12.4 Å². The van der Waals surface area contributed by atoms with Gasteiger partial charge >= 0.3 is 0 Å². The zero-order valence-corrected chi connectivity index (χ0v) is 16.7. The number of anilines is 2. The summed E-state index contributed by atoms with van der Waals surface area (Å²) in [4.78, 5) is 26.7. The summed E-state index contributed by atoms with van der Waals surface area (Å²) in [7, 11) is 0. The number of amides is 2. The SMILES string of the molecule is C=C(C)COc1cccc(NC(=O)CNc2cccc(C(=O)N3CCCC3)c2)c1. The molecule has 0 aromatic heterocycles. The Bertz CT molecular complexity index is 888. The highest BCUT2D eigenvalue weighted by atomic mass is 16.5. The molecule has 0 spiro atoms. The maximum atomic E-state index is 12.5. The second-order valence-electron chi connectivity index (χ2n) is 7.26. The molecule has 0 unspecified atom stereocenters. The first-order chi connectivity index (χ1) is 14.0. The van der Waals surface area contributed by atoms with Gasteiger partial charge in [0.15, 0.2) is 0 Å². The summed E-state index contributed by atoms with van der Waals surface area (Å²) in [5.41, 5.74) is 2.96. The van der Waals surface area contributed by atoms with Crippen LogP contribution in [0.4, 0.5) is 11.4 Å². The summed E-state index contributed by atoms with van der Waals surface area (Å²) < 4.78 is 5.59. The van der Waals surface area contributed by atoms with Crippen LogP contribution in [-0.2, 0) is 4.79 Å². The second kappa shape index (κ2) is 9.78. The smallest absolute Gasteiger partial charge is 0.253 e. The van der Waals surface area contributed by atoms with Gasteiger partial charge < -0.3 is 20.3 Å². The molecule has 0 atom stereocenters. The molecular weight excluding hydrogens is 366 g/mol. The van der Waals surface area contributed by atoms with Gasteiger partial charge in [0.25, 0.3) is 5.91 Å². The average molecular weight is 393 g/mol. The number of ether oxygens (including phenoxy) is 1. The Kier molecular flexibility index (Phi) is 6.89. The van der Waals surface area contributed by atoms with Crippen molar-refractivity contribution in [2.45, 2.75) is 19.8 Å². The fourth-order valence-electron chi connectivity index (χ4n) is 3.12. The lowest BCUT2D eigenvalue weighted by atomic mass is 10.1. The van der Waals surface area contributed by atoms with Crippen LogP contribution in [0.15, 0.2) is 60.7 Å². The largest absolute Gasteiger partial charge is 0.489 e. The van der Waals surface area contributed by atoms with E-state index in [4.69, 9.17) is 4.74 Å². The molecule has 0 bridgehead atoms. The molecule has 2 N–H and O–H groups in total. The number of carbonyl (C=O) groups excluding carboxylic acids is 2. The first kappa shape index (κ1) is 20.5. The number of likely N-dealkylation sites (tertiary alicyclic amines) is 1. The van der Waals surface area contributed by atoms with Crippen molar-refractivity contribution >= 4 is 23.2 Å². The van der Waals surface area contributed by atoms with Crippen molar-refractivity contribution in [1.82, 2.24) is 4.90 Å². The molecule has 2 amide bonds. The van der Waals surface area contributed by atoms with Crippen molar-refractivity contribution in [3.63, 3.8) is 0 Å². The van der Waals surface area contributed by atoms with E-state index in [2.05, 4.69) is 17.2 Å². The molecule has 6 nitrogen and oxygen atoms in total. The van der Waals surface area contributed by atoms with Crippen molar-refractivity contribution in [3.05, 3.63) is 66.2 Å². The molecule has 0 aliphatic carbocycles. The van der Waals surface area contributed by atoms with E-state index >= 15 is 0 Å². The van der Waals surface area contributed by atoms with Gasteiger partial charge in [-0.15, -0.1) is 0 Å². The normalized spacial score (nSPS) is 13.1. The van der Waals surface area contributed by atoms with E-state index in [0.29, 0.717) is 23.6 Å². The first-order valence-corrected chi connectivity index (χ1v) is 9.81. The number of nitrogens with one attached hydrogen (secondary N) is 2. The summed E-state index contributed by atoms with van der Waals surface area (Å²) in [6.45, 7) is 7.86. The van der Waals surface area contributed by atoms with Crippen LogP contribution in [0.2, 0.25) is 0 Å². The molecule has 1 saturated heterocycles. The third-order valence-corrected chi connectivity index (χ3v) is 4.56. The van der Waals surface area contributed by atoms with Crippen molar-refractivity contribution in [2.24, 2.45) is 0 Å². The lowest BCUT2D eigenvalue weighted by Gasteiger charge is -2.16. The van der Waals surface area contributed by atoms with Gasteiger partial charge in [-0.25, -0.2) is 0 Å². The summed E-state index contributed by atoms with van der Waals surface area (Å²) in [5.74, 6) is 0.535. The summed E-state index contributed by atoms with van der Waals surface area (Å²) in [6, 6.07) is 14.5. The lowest BCUT2D eigenvalue weighted by Crippen LogP contribution is -2.27. The van der Waals surface area contributed by atoms with Crippen LogP contribution < -0.4 is 15.4 Å². The third-order valence-electron chi connectivity index (χ3n) is 4.56. The van der Waals surface area contributed by atoms with Gasteiger partial charge in [-0.3, -0.25) is 9.59 Å². The minimum atomic E-state index is -0.182. The maximum absolute atomic E-state index is 12.5. The molecule has 2 aromatic carbocycles. The zero-order chi connectivity index (χ0) is 20.6. The summed E-state index contributed by atoms with van der Waals surface area (Å²) >= 11 is 0. The van der Waals surface area contributed by atoms with Crippen LogP contribution in [0.3, 0.4) is 0 Å². The Labute approximate surface area is 171 Å². The molecule has 1 fully saturated rings. The fraction of sp³-hybridized carbons (Fsp3) is 0.304. The Morgan fingerprint density at radius 1 is 1.07 bits per heavy atom. The van der Waals surface area contributed by atoms with E-state index in [0.717, 1.165) is 37.2 Å². The number of hydrogen-bond donors (Lipinski definition) is 2. The van der Waals surface area contributed by atoms with Crippen LogP contribution in [0.25, 0.3) is 0 Å². The quantitative estimate of drug-likeness (QED) is 0.667. The van der Waals surface area contributed by atoms with Gasteiger partial charge in [0, 0.05) is 36.1 Å². The average Bonchev–Trinajstić information content (AvgIpc) is 3.25. The van der Waals surface area contributed by atoms with Crippen molar-refractivity contribution < 1.29 is 14.3 Å². The number of carbonyl (C=O) groups is 2. The highest BCUT2D eigenvalue weighted by molar-refractivity contribution is 5.96. The predicted molar refractivity (Wildman–Crippen MR) is 115 cm³/mol. The zero-order valence-electron chi connectivity index (χ0n) is 16.7. The molecule has 29 heavy (non-hydrogen) atoms. The van der Waals surface area contributed by atoms with Gasteiger partial charge in [-0.1, -0.05) is 18.7 Å². The Balaban J connectivity index is 1.53. The molecule has 1 aliphatic heterocycles. The van der Waals surface area contributed by atoms with E-state index in [9.17, 15) is 9.59 Å². The lowest BCUT2D eigenvalue weighted by molar-refractivity contribution is -0.114. The fourth-order valence-corrected chi connectivity index (χ4v) is 3.12. The number of nitrogens with zero attached hydrogens (tertiary/aromatic N) is 1. The van der Waals surface area contributed by atoms with E-state index < -0.39 is 0 Å². The van der Waals surface area contributed by atoms with E-state index in [1.807, 2.05) is 42.2 Å². The minimum Gasteiger partial charge on any atom is -0.489 e. The third kappa shape index (κ3) is 6.10. The van der Waals surface area contributed by atoms with Crippen LogP contribution in [0.5, 0.6) is 5.75 Å². The molecule has 1 aliphatic rings. The van der Waals surface area contributed by atoms with E-state index in [-0.39, 0.29) is 18.4 Å². The van der Waals surface area contributed by atoms with Crippen LogP contribution in [0, 0.1) is 0 Å². The molecule has 0 saturated carbocycles. The van der Waals surface area contributed by atoms with Gasteiger partial charge in [-0.05, 0) is 55.7 Å². The van der Waals surface area contributed by atoms with Gasteiger partial charge in [0.2, 0.25) is 5.91 Å². The molecule has 0 radical (unpaired) electrons. The van der Waals surface area contributed by atoms with Crippen LogP contribution in [0.1, 0.15) is 30.1 Å². The maximum Gasteiger partial charge on any atom is 0.253 e. The first-order valence-electron chi connectivity index (χ1n) is 9.81. The van der Waals surface area contributed by atoms with E-state index in [1.54, 1.807) is 18.2 Å². The standard InChI is InChI=1S/C23H27N3O3/c1-17(2)16-29-21-10-6-9-20(14-21)25-22(27)15-24-19-8-5-7-18(13-19)23(28)26-11-3-4-12-26/h5-10,13-14,24H,1,3-4,11-12,15-16H2,2H3,(H,25,27). The number of hydrogen-bond acceptors (Lipinski definition) is 4. The molecule has 152 valence electrons. The summed E-state index contributed by atoms with van der Waals surface area (Å²) in [5, 5.41) is 5.92. The van der Waals surface area contributed by atoms with E-state index in [1.165, 1.54) is 0 Å².